The van der Waals surface area contributed by atoms with Gasteiger partial charge in [-0.3, -0.25) is 9.69 Å². The zero-order valence-electron chi connectivity index (χ0n) is 27.1. The Morgan fingerprint density at radius 2 is 1.69 bits per heavy atom. The third-order valence-corrected chi connectivity index (χ3v) is 8.05. The molecule has 45 heavy (non-hydrogen) atoms. The van der Waals surface area contributed by atoms with Crippen molar-refractivity contribution in [1.82, 2.24) is 19.5 Å². The van der Waals surface area contributed by atoms with Crippen molar-refractivity contribution >= 4 is 28.9 Å². The van der Waals surface area contributed by atoms with Crippen LogP contribution in [0.3, 0.4) is 0 Å². The Balaban J connectivity index is 1.55. The average molecular weight is 615 g/mol. The third kappa shape index (κ3) is 8.38. The van der Waals surface area contributed by atoms with Crippen molar-refractivity contribution in [1.29, 1.82) is 0 Å². The van der Waals surface area contributed by atoms with Gasteiger partial charge in [-0.25, -0.2) is 4.98 Å². The number of aliphatic hydroxyl groups is 1. The molecule has 0 saturated heterocycles. The molecule has 1 N–H and O–H groups in total. The maximum atomic E-state index is 12.5. The number of aliphatic hydroxyl groups excluding tert-OH is 1. The van der Waals surface area contributed by atoms with E-state index in [0.29, 0.717) is 36.0 Å². The van der Waals surface area contributed by atoms with Crippen LogP contribution in [0.25, 0.3) is 11.2 Å². The summed E-state index contributed by atoms with van der Waals surface area (Å²) in [5.41, 5.74) is 3.83. The molecule has 0 radical (unpaired) electrons. The Morgan fingerprint density at radius 1 is 1.00 bits per heavy atom. The van der Waals surface area contributed by atoms with Gasteiger partial charge in [0.1, 0.15) is 6.54 Å². The van der Waals surface area contributed by atoms with Crippen molar-refractivity contribution in [2.75, 3.05) is 23.5 Å². The van der Waals surface area contributed by atoms with Gasteiger partial charge in [-0.15, -0.1) is 0 Å². The Hall–Kier alpha value is -4.02. The van der Waals surface area contributed by atoms with Gasteiger partial charge < -0.3 is 24.0 Å². The highest BCUT2D eigenvalue weighted by Crippen LogP contribution is 2.33. The minimum atomic E-state index is -1.34. The molecule has 1 aliphatic carbocycles. The first-order valence-electron chi connectivity index (χ1n) is 16.0. The summed E-state index contributed by atoms with van der Waals surface area (Å²) < 4.78 is 12.9. The molecule has 1 unspecified atom stereocenters. The van der Waals surface area contributed by atoms with Gasteiger partial charge in [0.05, 0.1) is 25.1 Å². The number of benzene rings is 2. The van der Waals surface area contributed by atoms with Gasteiger partial charge in [0.15, 0.2) is 17.0 Å². The quantitative estimate of drug-likeness (QED) is 0.148. The Kier molecular flexibility index (Phi) is 10.4. The molecule has 0 spiro atoms. The second kappa shape index (κ2) is 14.4. The summed E-state index contributed by atoms with van der Waals surface area (Å²) in [6.07, 6.45) is 6.59. The van der Waals surface area contributed by atoms with E-state index in [9.17, 15) is 9.90 Å². The van der Waals surface area contributed by atoms with Gasteiger partial charge in [0, 0.05) is 13.6 Å². The highest BCUT2D eigenvalue weighted by Gasteiger charge is 2.28. The fourth-order valence-corrected chi connectivity index (χ4v) is 5.86. The van der Waals surface area contributed by atoms with Crippen molar-refractivity contribution in [2.24, 2.45) is 0 Å². The number of nitrogens with zero attached hydrogens (tertiary/aromatic N) is 6. The van der Waals surface area contributed by atoms with E-state index in [1.165, 1.54) is 37.7 Å². The molecule has 2 aromatic heterocycles. The topological polar surface area (TPSA) is 106 Å². The van der Waals surface area contributed by atoms with Gasteiger partial charge in [-0.05, 0) is 63.1 Å². The van der Waals surface area contributed by atoms with Crippen LogP contribution in [0, 0.1) is 0 Å². The molecule has 0 amide bonds. The number of carbonyl (C=O) groups is 1. The number of hydrogen-bond donors (Lipinski definition) is 1. The molecular formula is C35H46N6O4. The largest absolute Gasteiger partial charge is 0.465 e. The Morgan fingerprint density at radius 3 is 2.36 bits per heavy atom. The molecule has 0 aliphatic heterocycles. The lowest BCUT2D eigenvalue weighted by atomic mass is 9.84. The lowest BCUT2D eigenvalue weighted by molar-refractivity contribution is -0.166. The highest BCUT2D eigenvalue weighted by molar-refractivity contribution is 5.86. The molecule has 1 atom stereocenters. The number of rotatable bonds is 12. The maximum Gasteiger partial charge on any atom is 0.326 e. The molecule has 0 bridgehead atoms. The monoisotopic (exact) mass is 614 g/mol. The van der Waals surface area contributed by atoms with Crippen LogP contribution >= 0.6 is 0 Å². The van der Waals surface area contributed by atoms with Crippen LogP contribution in [-0.4, -0.2) is 56.3 Å². The van der Waals surface area contributed by atoms with E-state index in [0.717, 1.165) is 11.1 Å². The Bertz CT molecular complexity index is 1540. The standard InChI is InChI=1S/C35H46N6O4/c1-6-44-29(42)23-40-24-36-30-31(39(5)21-25-13-9-7-10-14-25)37-33(38-32(30)40)41(34(43)45-35(2,3)4)22-26-17-19-28(20-18-26)27-15-11-8-12-16-27/h7,9-10,13-14,17-20,24,27,34,43H,6,8,11-12,15-16,21-23H2,1-5H3. The molecule has 10 heteroatoms. The molecule has 5 rings (SSSR count). The maximum absolute atomic E-state index is 12.5. The fourth-order valence-electron chi connectivity index (χ4n) is 5.86. The number of imidazole rings is 1. The van der Waals surface area contributed by atoms with Gasteiger partial charge in [-0.2, -0.15) is 9.97 Å². The van der Waals surface area contributed by atoms with Crippen LogP contribution in [0.1, 0.15) is 82.4 Å². The second-order valence-electron chi connectivity index (χ2n) is 12.8. The molecule has 1 fully saturated rings. The number of anilines is 2. The van der Waals surface area contributed by atoms with Gasteiger partial charge in [0.2, 0.25) is 12.4 Å². The number of aromatic nitrogens is 4. The van der Waals surface area contributed by atoms with E-state index in [-0.39, 0.29) is 25.1 Å². The smallest absolute Gasteiger partial charge is 0.326 e. The second-order valence-corrected chi connectivity index (χ2v) is 12.8. The SMILES string of the molecule is CCOC(=O)Cn1cnc2c(N(C)Cc3ccccc3)nc(N(Cc3ccc(C4CCCCC4)cc3)C(O)OC(C)(C)C)nc21. The molecule has 240 valence electrons. The van der Waals surface area contributed by atoms with Gasteiger partial charge in [0.25, 0.3) is 0 Å². The predicted octanol–water partition coefficient (Wildman–Crippen LogP) is 6.17. The highest BCUT2D eigenvalue weighted by atomic mass is 16.6. The minimum Gasteiger partial charge on any atom is -0.465 e. The first-order chi connectivity index (χ1) is 21.6. The van der Waals surface area contributed by atoms with Crippen molar-refractivity contribution in [3.63, 3.8) is 0 Å². The summed E-state index contributed by atoms with van der Waals surface area (Å²) >= 11 is 0. The first kappa shape index (κ1) is 32.4. The number of ether oxygens (including phenoxy) is 2. The van der Waals surface area contributed by atoms with Crippen LogP contribution < -0.4 is 9.80 Å². The summed E-state index contributed by atoms with van der Waals surface area (Å²) in [6, 6.07) is 18.7. The predicted molar refractivity (Wildman–Crippen MR) is 176 cm³/mol. The minimum absolute atomic E-state index is 0.0493. The van der Waals surface area contributed by atoms with E-state index in [4.69, 9.17) is 19.4 Å². The van der Waals surface area contributed by atoms with Crippen molar-refractivity contribution < 1.29 is 19.4 Å². The van der Waals surface area contributed by atoms with Crippen LogP contribution in [0.2, 0.25) is 0 Å². The van der Waals surface area contributed by atoms with Gasteiger partial charge in [-0.1, -0.05) is 73.9 Å². The summed E-state index contributed by atoms with van der Waals surface area (Å²) in [4.78, 5) is 30.6. The normalized spacial score (nSPS) is 14.8. The zero-order valence-corrected chi connectivity index (χ0v) is 27.1. The lowest BCUT2D eigenvalue weighted by Gasteiger charge is -2.33. The van der Waals surface area contributed by atoms with E-state index >= 15 is 0 Å². The lowest BCUT2D eigenvalue weighted by Crippen LogP contribution is -2.42. The molecule has 2 aromatic carbocycles. The molecule has 2 heterocycles. The van der Waals surface area contributed by atoms with E-state index in [1.807, 2.05) is 50.9 Å². The van der Waals surface area contributed by atoms with Crippen LogP contribution in [0.15, 0.2) is 60.9 Å². The number of esters is 1. The van der Waals surface area contributed by atoms with Gasteiger partial charge >= 0.3 is 5.97 Å². The van der Waals surface area contributed by atoms with Crippen LogP contribution in [-0.2, 0) is 33.9 Å². The summed E-state index contributed by atoms with van der Waals surface area (Å²) in [5.74, 6) is 1.05. The molecular weight excluding hydrogens is 568 g/mol. The molecule has 1 saturated carbocycles. The number of carbonyl (C=O) groups excluding carboxylic acids is 1. The van der Waals surface area contributed by atoms with Crippen LogP contribution in [0.5, 0.6) is 0 Å². The van der Waals surface area contributed by atoms with E-state index in [2.05, 4.69) is 41.4 Å². The van der Waals surface area contributed by atoms with E-state index < -0.39 is 12.0 Å². The average Bonchev–Trinajstić information content (AvgIpc) is 3.42. The third-order valence-electron chi connectivity index (χ3n) is 8.05. The van der Waals surface area contributed by atoms with Crippen molar-refractivity contribution in [3.8, 4) is 0 Å². The number of fused-ring (bicyclic) bond motifs is 1. The van der Waals surface area contributed by atoms with E-state index in [1.54, 1.807) is 22.7 Å². The first-order valence-corrected chi connectivity index (χ1v) is 16.0. The summed E-state index contributed by atoms with van der Waals surface area (Å²) in [6.45, 7) is 8.56. The van der Waals surface area contributed by atoms with Crippen molar-refractivity contribution in [2.45, 2.75) is 97.4 Å². The zero-order chi connectivity index (χ0) is 32.0. The molecule has 1 aliphatic rings. The van der Waals surface area contributed by atoms with Crippen LogP contribution in [0.4, 0.5) is 11.8 Å². The molecule has 10 nitrogen and oxygen atoms in total. The fraction of sp³-hybridized carbons (Fsp3) is 0.486. The van der Waals surface area contributed by atoms with Crippen molar-refractivity contribution in [3.05, 3.63) is 77.6 Å². The summed E-state index contributed by atoms with van der Waals surface area (Å²) in [7, 11) is 1.94. The number of hydrogen-bond acceptors (Lipinski definition) is 9. The molecule has 4 aromatic rings. The Labute approximate surface area is 266 Å². The summed E-state index contributed by atoms with van der Waals surface area (Å²) in [5, 5.41) is 11.5.